The Labute approximate surface area is 96.5 Å². The van der Waals surface area contributed by atoms with Gasteiger partial charge in [0.25, 0.3) is 0 Å². The molecule has 0 amide bonds. The van der Waals surface area contributed by atoms with Crippen LogP contribution in [0.1, 0.15) is 45.1 Å². The van der Waals surface area contributed by atoms with Crippen molar-refractivity contribution in [1.29, 1.82) is 0 Å². The number of carbonyl (C=O) groups is 1. The SMILES string of the molecule is CCCCC(CC)(Cc1ccoc1)C(=O)O. The molecule has 1 N–H and O–H groups in total. The summed E-state index contributed by atoms with van der Waals surface area (Å²) >= 11 is 0. The maximum absolute atomic E-state index is 11.5. The van der Waals surface area contributed by atoms with Gasteiger partial charge in [-0.15, -0.1) is 0 Å². The zero-order valence-corrected chi connectivity index (χ0v) is 10.0. The van der Waals surface area contributed by atoms with E-state index in [0.717, 1.165) is 24.8 Å². The van der Waals surface area contributed by atoms with Crippen molar-refractivity contribution >= 4 is 5.97 Å². The lowest BCUT2D eigenvalue weighted by molar-refractivity contribution is -0.149. The fourth-order valence-electron chi connectivity index (χ4n) is 2.02. The fourth-order valence-corrected chi connectivity index (χ4v) is 2.02. The minimum absolute atomic E-state index is 0.565. The average molecular weight is 224 g/mol. The molecule has 0 aliphatic carbocycles. The lowest BCUT2D eigenvalue weighted by Gasteiger charge is -2.27. The second kappa shape index (κ2) is 5.73. The first-order valence-electron chi connectivity index (χ1n) is 5.89. The third kappa shape index (κ3) is 2.87. The number of aliphatic carboxylic acids is 1. The van der Waals surface area contributed by atoms with E-state index in [9.17, 15) is 9.90 Å². The number of carboxylic acid groups (broad SMARTS) is 1. The van der Waals surface area contributed by atoms with E-state index in [1.165, 1.54) is 0 Å². The van der Waals surface area contributed by atoms with Gasteiger partial charge in [-0.3, -0.25) is 4.79 Å². The van der Waals surface area contributed by atoms with Crippen LogP contribution in [0.2, 0.25) is 0 Å². The van der Waals surface area contributed by atoms with Crippen LogP contribution in [0.15, 0.2) is 23.0 Å². The van der Waals surface area contributed by atoms with E-state index in [1.54, 1.807) is 12.5 Å². The minimum atomic E-state index is -0.690. The maximum Gasteiger partial charge on any atom is 0.309 e. The quantitative estimate of drug-likeness (QED) is 0.771. The molecule has 0 bridgehead atoms. The number of hydrogen-bond donors (Lipinski definition) is 1. The number of unbranched alkanes of at least 4 members (excludes halogenated alkanes) is 1. The summed E-state index contributed by atoms with van der Waals surface area (Å²) in [5.41, 5.74) is 0.347. The predicted molar refractivity (Wildman–Crippen MR) is 62.3 cm³/mol. The largest absolute Gasteiger partial charge is 0.481 e. The fraction of sp³-hybridized carbons (Fsp3) is 0.615. The van der Waals surface area contributed by atoms with Gasteiger partial charge in [-0.05, 0) is 30.9 Å². The van der Waals surface area contributed by atoms with E-state index in [1.807, 2.05) is 13.0 Å². The third-order valence-corrected chi connectivity index (χ3v) is 3.26. The molecule has 1 atom stereocenters. The van der Waals surface area contributed by atoms with E-state index in [4.69, 9.17) is 4.42 Å². The molecule has 3 nitrogen and oxygen atoms in total. The normalized spacial score (nSPS) is 14.6. The molecule has 0 saturated heterocycles. The highest BCUT2D eigenvalue weighted by Crippen LogP contribution is 2.33. The number of rotatable bonds is 7. The molecule has 0 spiro atoms. The molecule has 1 aromatic heterocycles. The number of carboxylic acids is 1. The monoisotopic (exact) mass is 224 g/mol. The molecule has 1 rings (SSSR count). The van der Waals surface area contributed by atoms with E-state index in [2.05, 4.69) is 6.92 Å². The summed E-state index contributed by atoms with van der Waals surface area (Å²) in [5.74, 6) is -0.690. The molecular weight excluding hydrogens is 204 g/mol. The molecule has 0 aromatic carbocycles. The van der Waals surface area contributed by atoms with Crippen LogP contribution in [0.5, 0.6) is 0 Å². The van der Waals surface area contributed by atoms with E-state index >= 15 is 0 Å². The predicted octanol–water partition coefficient (Wildman–Crippen LogP) is 3.49. The van der Waals surface area contributed by atoms with Crippen molar-refractivity contribution < 1.29 is 14.3 Å². The van der Waals surface area contributed by atoms with Crippen LogP contribution in [0, 0.1) is 5.41 Å². The van der Waals surface area contributed by atoms with Crippen molar-refractivity contribution in [3.05, 3.63) is 24.2 Å². The van der Waals surface area contributed by atoms with E-state index in [-0.39, 0.29) is 0 Å². The summed E-state index contributed by atoms with van der Waals surface area (Å²) in [5, 5.41) is 9.42. The molecule has 3 heteroatoms. The lowest BCUT2D eigenvalue weighted by Crippen LogP contribution is -2.32. The Morgan fingerprint density at radius 1 is 1.50 bits per heavy atom. The third-order valence-electron chi connectivity index (χ3n) is 3.26. The standard InChI is InChI=1S/C13H20O3/c1-3-5-7-13(4-2,12(14)15)9-11-6-8-16-10-11/h6,8,10H,3-5,7,9H2,1-2H3,(H,14,15). The molecule has 16 heavy (non-hydrogen) atoms. The van der Waals surface area contributed by atoms with Crippen LogP contribution in [0.3, 0.4) is 0 Å². The number of furan rings is 1. The van der Waals surface area contributed by atoms with Gasteiger partial charge in [0.05, 0.1) is 17.9 Å². The molecule has 1 unspecified atom stereocenters. The summed E-state index contributed by atoms with van der Waals surface area (Å²) in [6, 6.07) is 1.85. The summed E-state index contributed by atoms with van der Waals surface area (Å²) in [4.78, 5) is 11.5. The van der Waals surface area contributed by atoms with Crippen LogP contribution < -0.4 is 0 Å². The summed E-state index contributed by atoms with van der Waals surface area (Å²) in [7, 11) is 0. The Balaban J connectivity index is 2.80. The first-order valence-corrected chi connectivity index (χ1v) is 5.89. The van der Waals surface area contributed by atoms with Gasteiger partial charge in [0.15, 0.2) is 0 Å². The Kier molecular flexibility index (Phi) is 4.59. The number of hydrogen-bond acceptors (Lipinski definition) is 2. The van der Waals surface area contributed by atoms with Crippen LogP contribution in [-0.4, -0.2) is 11.1 Å². The molecule has 0 saturated carbocycles. The van der Waals surface area contributed by atoms with Gasteiger partial charge in [0.1, 0.15) is 0 Å². The van der Waals surface area contributed by atoms with Crippen LogP contribution in [0.25, 0.3) is 0 Å². The Bertz CT molecular complexity index is 316. The van der Waals surface area contributed by atoms with Crippen molar-refractivity contribution in [2.75, 3.05) is 0 Å². The van der Waals surface area contributed by atoms with Crippen molar-refractivity contribution in [2.24, 2.45) is 5.41 Å². The molecule has 0 fully saturated rings. The smallest absolute Gasteiger partial charge is 0.309 e. The van der Waals surface area contributed by atoms with Crippen molar-refractivity contribution in [1.82, 2.24) is 0 Å². The lowest BCUT2D eigenvalue weighted by atomic mass is 9.76. The van der Waals surface area contributed by atoms with E-state index in [0.29, 0.717) is 12.8 Å². The average Bonchev–Trinajstić information content (AvgIpc) is 2.76. The van der Waals surface area contributed by atoms with Crippen molar-refractivity contribution in [3.8, 4) is 0 Å². The minimum Gasteiger partial charge on any atom is -0.481 e. The maximum atomic E-state index is 11.5. The first-order chi connectivity index (χ1) is 7.64. The Morgan fingerprint density at radius 2 is 2.25 bits per heavy atom. The highest BCUT2D eigenvalue weighted by atomic mass is 16.4. The first kappa shape index (κ1) is 12.8. The highest BCUT2D eigenvalue weighted by Gasteiger charge is 2.36. The van der Waals surface area contributed by atoms with Gasteiger partial charge in [-0.25, -0.2) is 0 Å². The molecule has 1 aromatic rings. The van der Waals surface area contributed by atoms with Gasteiger partial charge >= 0.3 is 5.97 Å². The van der Waals surface area contributed by atoms with Gasteiger partial charge in [-0.1, -0.05) is 26.7 Å². The molecule has 0 aliphatic heterocycles. The van der Waals surface area contributed by atoms with Crippen LogP contribution in [0.4, 0.5) is 0 Å². The molecule has 0 radical (unpaired) electrons. The summed E-state index contributed by atoms with van der Waals surface area (Å²) < 4.78 is 5.00. The Morgan fingerprint density at radius 3 is 2.69 bits per heavy atom. The van der Waals surface area contributed by atoms with Gasteiger partial charge in [-0.2, -0.15) is 0 Å². The van der Waals surface area contributed by atoms with Gasteiger partial charge < -0.3 is 9.52 Å². The highest BCUT2D eigenvalue weighted by molar-refractivity contribution is 5.75. The second-order valence-corrected chi connectivity index (χ2v) is 4.35. The van der Waals surface area contributed by atoms with Crippen molar-refractivity contribution in [2.45, 2.75) is 46.0 Å². The van der Waals surface area contributed by atoms with Gasteiger partial charge in [0.2, 0.25) is 0 Å². The van der Waals surface area contributed by atoms with Crippen LogP contribution >= 0.6 is 0 Å². The summed E-state index contributed by atoms with van der Waals surface area (Å²) in [6.07, 6.45) is 7.18. The molecule has 90 valence electrons. The molecular formula is C13H20O3. The molecule has 1 heterocycles. The Hall–Kier alpha value is -1.25. The van der Waals surface area contributed by atoms with Gasteiger partial charge in [0, 0.05) is 0 Å². The molecule has 0 aliphatic rings. The zero-order valence-electron chi connectivity index (χ0n) is 10.0. The zero-order chi connectivity index (χ0) is 12.0. The van der Waals surface area contributed by atoms with Crippen LogP contribution in [-0.2, 0) is 11.2 Å². The van der Waals surface area contributed by atoms with Crippen molar-refractivity contribution in [3.63, 3.8) is 0 Å². The summed E-state index contributed by atoms with van der Waals surface area (Å²) in [6.45, 7) is 4.03. The second-order valence-electron chi connectivity index (χ2n) is 4.35. The topological polar surface area (TPSA) is 50.4 Å². The van der Waals surface area contributed by atoms with E-state index < -0.39 is 11.4 Å².